The van der Waals surface area contributed by atoms with Gasteiger partial charge < -0.3 is 14.2 Å². The molecule has 0 aliphatic carbocycles. The molecular weight excluding hydrogens is 829 g/mol. The molecule has 0 rings (SSSR count). The molecule has 0 N–H and O–H groups in total. The summed E-state index contributed by atoms with van der Waals surface area (Å²) in [6.07, 6.45) is 67.2. The van der Waals surface area contributed by atoms with E-state index in [2.05, 4.69) is 57.2 Å². The molecule has 0 radical (unpaired) electrons. The van der Waals surface area contributed by atoms with Gasteiger partial charge in [0.15, 0.2) is 6.10 Å². The van der Waals surface area contributed by atoms with Crippen LogP contribution in [0.4, 0.5) is 0 Å². The SMILES string of the molecule is CCC/C=C\CCCCCCCC(=O)OCC(COC(=O)CCCCCCCCCCCCCCCCCCCCCCCCC)OC(=O)CCCCCCC/C=C\C/C=C\CCCCCC. The van der Waals surface area contributed by atoms with E-state index in [1.807, 2.05) is 0 Å². The van der Waals surface area contributed by atoms with Crippen molar-refractivity contribution in [3.8, 4) is 0 Å². The summed E-state index contributed by atoms with van der Waals surface area (Å²) < 4.78 is 16.8. The second kappa shape index (κ2) is 56.2. The molecule has 0 heterocycles. The van der Waals surface area contributed by atoms with Gasteiger partial charge in [-0.15, -0.1) is 0 Å². The van der Waals surface area contributed by atoms with Crippen molar-refractivity contribution in [3.05, 3.63) is 36.5 Å². The Hall–Kier alpha value is -2.37. The quantitative estimate of drug-likeness (QED) is 0.0262. The summed E-state index contributed by atoms with van der Waals surface area (Å²) in [5, 5.41) is 0. The molecule has 0 amide bonds. The topological polar surface area (TPSA) is 78.9 Å². The zero-order valence-corrected chi connectivity index (χ0v) is 44.9. The number of carbonyl (C=O) groups is 3. The van der Waals surface area contributed by atoms with Crippen molar-refractivity contribution in [1.29, 1.82) is 0 Å². The van der Waals surface area contributed by atoms with E-state index in [1.54, 1.807) is 0 Å². The molecule has 0 aliphatic rings. The number of rotatable bonds is 54. The Morgan fingerprint density at radius 1 is 0.299 bits per heavy atom. The first kappa shape index (κ1) is 64.6. The van der Waals surface area contributed by atoms with Crippen LogP contribution in [-0.4, -0.2) is 37.2 Å². The molecule has 0 bridgehead atoms. The van der Waals surface area contributed by atoms with Crippen molar-refractivity contribution in [2.24, 2.45) is 0 Å². The van der Waals surface area contributed by atoms with Gasteiger partial charge in [0.05, 0.1) is 0 Å². The van der Waals surface area contributed by atoms with Crippen molar-refractivity contribution in [3.63, 3.8) is 0 Å². The van der Waals surface area contributed by atoms with Gasteiger partial charge in [-0.25, -0.2) is 0 Å². The average Bonchev–Trinajstić information content (AvgIpc) is 3.33. The van der Waals surface area contributed by atoms with E-state index in [0.717, 1.165) is 96.3 Å². The zero-order chi connectivity index (χ0) is 48.6. The van der Waals surface area contributed by atoms with E-state index in [9.17, 15) is 14.4 Å². The molecule has 1 unspecified atom stereocenters. The van der Waals surface area contributed by atoms with Crippen LogP contribution in [0, 0.1) is 0 Å². The van der Waals surface area contributed by atoms with Gasteiger partial charge in [0, 0.05) is 19.3 Å². The third kappa shape index (κ3) is 54.4. The Morgan fingerprint density at radius 3 is 0.910 bits per heavy atom. The van der Waals surface area contributed by atoms with Gasteiger partial charge in [-0.3, -0.25) is 14.4 Å². The summed E-state index contributed by atoms with van der Waals surface area (Å²) in [6, 6.07) is 0. The molecule has 67 heavy (non-hydrogen) atoms. The lowest BCUT2D eigenvalue weighted by molar-refractivity contribution is -0.167. The molecule has 0 spiro atoms. The van der Waals surface area contributed by atoms with E-state index >= 15 is 0 Å². The third-order valence-electron chi connectivity index (χ3n) is 13.1. The minimum atomic E-state index is -0.779. The molecule has 0 aromatic carbocycles. The van der Waals surface area contributed by atoms with Crippen molar-refractivity contribution < 1.29 is 28.6 Å². The Bertz CT molecular complexity index is 1130. The van der Waals surface area contributed by atoms with Crippen LogP contribution >= 0.6 is 0 Å². The first-order chi connectivity index (χ1) is 33.0. The molecule has 0 aromatic heterocycles. The fourth-order valence-electron chi connectivity index (χ4n) is 8.65. The van der Waals surface area contributed by atoms with Gasteiger partial charge in [-0.05, 0) is 70.6 Å². The summed E-state index contributed by atoms with van der Waals surface area (Å²) in [5.41, 5.74) is 0. The highest BCUT2D eigenvalue weighted by Crippen LogP contribution is 2.17. The molecule has 0 saturated heterocycles. The van der Waals surface area contributed by atoms with Gasteiger partial charge in [-0.1, -0.05) is 263 Å². The number of esters is 3. The lowest BCUT2D eigenvalue weighted by Crippen LogP contribution is -2.30. The fraction of sp³-hybridized carbons (Fsp3) is 0.852. The van der Waals surface area contributed by atoms with Crippen LogP contribution in [0.25, 0.3) is 0 Å². The minimum Gasteiger partial charge on any atom is -0.462 e. The number of carbonyl (C=O) groups excluding carboxylic acids is 3. The van der Waals surface area contributed by atoms with Crippen LogP contribution in [0.2, 0.25) is 0 Å². The smallest absolute Gasteiger partial charge is 0.306 e. The van der Waals surface area contributed by atoms with Crippen LogP contribution in [-0.2, 0) is 28.6 Å². The number of unbranched alkanes of at least 4 members (excludes halogenated alkanes) is 37. The Kier molecular flexibility index (Phi) is 54.2. The number of hydrogen-bond acceptors (Lipinski definition) is 6. The average molecular weight is 942 g/mol. The van der Waals surface area contributed by atoms with Crippen molar-refractivity contribution >= 4 is 17.9 Å². The van der Waals surface area contributed by atoms with Crippen molar-refractivity contribution in [2.75, 3.05) is 13.2 Å². The molecular formula is C61H112O6. The van der Waals surface area contributed by atoms with Crippen LogP contribution in [0.3, 0.4) is 0 Å². The van der Waals surface area contributed by atoms with Gasteiger partial charge in [0.2, 0.25) is 0 Å². The largest absolute Gasteiger partial charge is 0.462 e. The first-order valence-electron chi connectivity index (χ1n) is 29.5. The van der Waals surface area contributed by atoms with Gasteiger partial charge >= 0.3 is 17.9 Å². The van der Waals surface area contributed by atoms with E-state index in [4.69, 9.17) is 14.2 Å². The predicted octanol–water partition coefficient (Wildman–Crippen LogP) is 19.7. The highest BCUT2D eigenvalue weighted by molar-refractivity contribution is 5.71. The monoisotopic (exact) mass is 941 g/mol. The summed E-state index contributed by atoms with van der Waals surface area (Å²) >= 11 is 0. The molecule has 0 aliphatic heterocycles. The summed E-state index contributed by atoms with van der Waals surface area (Å²) in [5.74, 6) is -0.886. The maximum absolute atomic E-state index is 12.8. The Morgan fingerprint density at radius 2 is 0.567 bits per heavy atom. The van der Waals surface area contributed by atoms with Crippen LogP contribution in [0.15, 0.2) is 36.5 Å². The van der Waals surface area contributed by atoms with Gasteiger partial charge in [-0.2, -0.15) is 0 Å². The van der Waals surface area contributed by atoms with E-state index in [-0.39, 0.29) is 31.1 Å². The van der Waals surface area contributed by atoms with Gasteiger partial charge in [0.1, 0.15) is 13.2 Å². The second-order valence-electron chi connectivity index (χ2n) is 19.9. The maximum Gasteiger partial charge on any atom is 0.306 e. The van der Waals surface area contributed by atoms with E-state index < -0.39 is 6.10 Å². The highest BCUT2D eigenvalue weighted by atomic mass is 16.6. The van der Waals surface area contributed by atoms with E-state index in [1.165, 1.54) is 180 Å². The fourth-order valence-corrected chi connectivity index (χ4v) is 8.65. The summed E-state index contributed by atoms with van der Waals surface area (Å²) in [7, 11) is 0. The molecule has 0 aromatic rings. The van der Waals surface area contributed by atoms with Crippen molar-refractivity contribution in [2.45, 2.75) is 322 Å². The van der Waals surface area contributed by atoms with E-state index in [0.29, 0.717) is 19.3 Å². The van der Waals surface area contributed by atoms with Crippen LogP contribution in [0.1, 0.15) is 316 Å². The Labute approximate surface area is 416 Å². The summed E-state index contributed by atoms with van der Waals surface area (Å²) in [4.78, 5) is 38.1. The van der Waals surface area contributed by atoms with Crippen LogP contribution in [0.5, 0.6) is 0 Å². The molecule has 0 saturated carbocycles. The highest BCUT2D eigenvalue weighted by Gasteiger charge is 2.19. The number of allylic oxidation sites excluding steroid dienone is 6. The Balaban J connectivity index is 4.22. The molecule has 6 nitrogen and oxygen atoms in total. The lowest BCUT2D eigenvalue weighted by atomic mass is 10.0. The minimum absolute atomic E-state index is 0.0772. The number of hydrogen-bond donors (Lipinski definition) is 0. The second-order valence-corrected chi connectivity index (χ2v) is 19.9. The normalized spacial score (nSPS) is 12.2. The molecule has 1 atom stereocenters. The first-order valence-corrected chi connectivity index (χ1v) is 29.5. The standard InChI is InChI=1S/C61H112O6/c1-4-7-10-13-16-19-22-24-26-28-29-30-31-32-33-34-36-37-39-42-45-48-51-54-60(63)66-57-58(56-65-59(62)53-50-47-44-41-21-18-15-12-9-6-3)67-61(64)55-52-49-46-43-40-38-35-27-25-23-20-17-14-11-8-5-2/h12,15,20,23,27,35,58H,4-11,13-14,16-19,21-22,24-26,28-34,36-57H2,1-3H3/b15-12-,23-20-,35-27-. The van der Waals surface area contributed by atoms with Gasteiger partial charge in [0.25, 0.3) is 0 Å². The molecule has 392 valence electrons. The summed E-state index contributed by atoms with van der Waals surface area (Å²) in [6.45, 7) is 6.58. The molecule has 0 fully saturated rings. The third-order valence-corrected chi connectivity index (χ3v) is 13.1. The number of ether oxygens (including phenoxy) is 3. The lowest BCUT2D eigenvalue weighted by Gasteiger charge is -2.18. The zero-order valence-electron chi connectivity index (χ0n) is 44.9. The molecule has 6 heteroatoms. The van der Waals surface area contributed by atoms with Crippen LogP contribution < -0.4 is 0 Å². The maximum atomic E-state index is 12.8. The predicted molar refractivity (Wildman–Crippen MR) is 289 cm³/mol. The van der Waals surface area contributed by atoms with Crippen molar-refractivity contribution in [1.82, 2.24) is 0 Å².